The molecule has 234 valence electrons. The number of para-hydroxylation sites is 5. The van der Waals surface area contributed by atoms with Crippen molar-refractivity contribution in [2.75, 3.05) is 0 Å². The van der Waals surface area contributed by atoms with E-state index in [1.807, 2.05) is 12.1 Å². The molecular formula is C47H30N2O. The summed E-state index contributed by atoms with van der Waals surface area (Å²) in [5.41, 5.74) is 13.6. The van der Waals surface area contributed by atoms with Crippen molar-refractivity contribution in [3.63, 3.8) is 0 Å². The summed E-state index contributed by atoms with van der Waals surface area (Å²) in [7, 11) is 0. The van der Waals surface area contributed by atoms with Gasteiger partial charge in [-0.05, 0) is 59.2 Å². The Labute approximate surface area is 289 Å². The molecule has 0 spiro atoms. The first-order chi connectivity index (χ1) is 24.8. The van der Waals surface area contributed by atoms with E-state index in [-0.39, 0.29) is 0 Å². The quantitative estimate of drug-likeness (QED) is 0.188. The fourth-order valence-corrected chi connectivity index (χ4v) is 7.48. The van der Waals surface area contributed by atoms with Gasteiger partial charge in [-0.15, -0.1) is 0 Å². The highest BCUT2D eigenvalue weighted by atomic mass is 16.3. The van der Waals surface area contributed by atoms with Gasteiger partial charge in [-0.25, -0.2) is 4.98 Å². The third kappa shape index (κ3) is 4.56. The van der Waals surface area contributed by atoms with Crippen LogP contribution in [0.3, 0.4) is 0 Å². The van der Waals surface area contributed by atoms with Gasteiger partial charge in [0.15, 0.2) is 0 Å². The van der Waals surface area contributed by atoms with E-state index < -0.39 is 0 Å². The van der Waals surface area contributed by atoms with Crippen LogP contribution in [0.5, 0.6) is 0 Å². The number of furan rings is 1. The van der Waals surface area contributed by atoms with Crippen molar-refractivity contribution in [3.05, 3.63) is 182 Å². The van der Waals surface area contributed by atoms with E-state index in [2.05, 4.69) is 174 Å². The van der Waals surface area contributed by atoms with Gasteiger partial charge in [0.1, 0.15) is 11.2 Å². The summed E-state index contributed by atoms with van der Waals surface area (Å²) in [4.78, 5) is 5.36. The molecule has 3 heterocycles. The summed E-state index contributed by atoms with van der Waals surface area (Å²) in [5, 5.41) is 4.64. The summed E-state index contributed by atoms with van der Waals surface area (Å²) < 4.78 is 8.93. The number of hydrogen-bond acceptors (Lipinski definition) is 2. The van der Waals surface area contributed by atoms with Crippen LogP contribution in [0.1, 0.15) is 0 Å². The molecule has 3 nitrogen and oxygen atoms in total. The van der Waals surface area contributed by atoms with Crippen molar-refractivity contribution in [2.24, 2.45) is 0 Å². The topological polar surface area (TPSA) is 31.0 Å². The molecule has 0 bridgehead atoms. The van der Waals surface area contributed by atoms with E-state index in [0.717, 1.165) is 61.3 Å². The molecule has 0 radical (unpaired) electrons. The van der Waals surface area contributed by atoms with Gasteiger partial charge in [0.05, 0.1) is 22.4 Å². The summed E-state index contributed by atoms with van der Waals surface area (Å²) in [5.74, 6) is 0. The fourth-order valence-electron chi connectivity index (χ4n) is 7.48. The average molecular weight is 639 g/mol. The maximum Gasteiger partial charge on any atom is 0.144 e. The molecule has 0 fully saturated rings. The molecule has 0 aliphatic rings. The number of benzene rings is 7. The Hall–Kier alpha value is -6.71. The van der Waals surface area contributed by atoms with E-state index >= 15 is 0 Å². The van der Waals surface area contributed by atoms with Crippen LogP contribution >= 0.6 is 0 Å². The average Bonchev–Trinajstić information content (AvgIpc) is 3.75. The van der Waals surface area contributed by atoms with Crippen LogP contribution in [0, 0.1) is 0 Å². The maximum absolute atomic E-state index is 6.54. The largest absolute Gasteiger partial charge is 0.455 e. The van der Waals surface area contributed by atoms with Crippen LogP contribution in [0.25, 0.3) is 94.2 Å². The van der Waals surface area contributed by atoms with Gasteiger partial charge in [0.2, 0.25) is 0 Å². The lowest BCUT2D eigenvalue weighted by Crippen LogP contribution is -1.96. The minimum absolute atomic E-state index is 0.848. The Morgan fingerprint density at radius 2 is 1.00 bits per heavy atom. The SMILES string of the molecule is c1ccc(-c2ccc(-c3cc(-c4cccc5c6ccccc6n(-c6ccccc6)c45)cc(-c4cccc5c4oc4ccccc45)n3)cc2)cc1. The lowest BCUT2D eigenvalue weighted by atomic mass is 9.96. The zero-order valence-electron chi connectivity index (χ0n) is 27.1. The highest BCUT2D eigenvalue weighted by Gasteiger charge is 2.19. The molecule has 0 aliphatic heterocycles. The van der Waals surface area contributed by atoms with Gasteiger partial charge in [0.25, 0.3) is 0 Å². The second kappa shape index (κ2) is 11.5. The van der Waals surface area contributed by atoms with Gasteiger partial charge >= 0.3 is 0 Å². The van der Waals surface area contributed by atoms with E-state index in [0.29, 0.717) is 0 Å². The number of pyridine rings is 1. The van der Waals surface area contributed by atoms with E-state index in [1.165, 1.54) is 32.9 Å². The number of hydrogen-bond donors (Lipinski definition) is 0. The Morgan fingerprint density at radius 3 is 1.82 bits per heavy atom. The van der Waals surface area contributed by atoms with Gasteiger partial charge in [-0.3, -0.25) is 0 Å². The predicted molar refractivity (Wildman–Crippen MR) is 208 cm³/mol. The molecule has 3 heteroatoms. The minimum Gasteiger partial charge on any atom is -0.455 e. The number of aromatic nitrogens is 2. The van der Waals surface area contributed by atoms with Crippen LogP contribution in [-0.4, -0.2) is 9.55 Å². The fraction of sp³-hybridized carbons (Fsp3) is 0. The maximum atomic E-state index is 6.54. The van der Waals surface area contributed by atoms with Crippen molar-refractivity contribution in [3.8, 4) is 50.5 Å². The minimum atomic E-state index is 0.848. The van der Waals surface area contributed by atoms with Crippen molar-refractivity contribution in [2.45, 2.75) is 0 Å². The third-order valence-corrected chi connectivity index (χ3v) is 9.81. The van der Waals surface area contributed by atoms with Crippen molar-refractivity contribution in [1.82, 2.24) is 9.55 Å². The van der Waals surface area contributed by atoms with Crippen LogP contribution < -0.4 is 0 Å². The third-order valence-electron chi connectivity index (χ3n) is 9.81. The van der Waals surface area contributed by atoms with Crippen molar-refractivity contribution >= 4 is 43.7 Å². The second-order valence-electron chi connectivity index (χ2n) is 12.7. The molecule has 3 aromatic heterocycles. The molecule has 0 aliphatic carbocycles. The molecule has 0 saturated carbocycles. The first kappa shape index (κ1) is 28.3. The number of nitrogens with zero attached hydrogens (tertiary/aromatic N) is 2. The van der Waals surface area contributed by atoms with Crippen LogP contribution in [-0.2, 0) is 0 Å². The molecule has 0 amide bonds. The zero-order chi connectivity index (χ0) is 33.0. The molecule has 10 rings (SSSR count). The van der Waals surface area contributed by atoms with Crippen LogP contribution in [0.15, 0.2) is 186 Å². The normalized spacial score (nSPS) is 11.6. The van der Waals surface area contributed by atoms with Gasteiger partial charge in [-0.2, -0.15) is 0 Å². The summed E-state index contributed by atoms with van der Waals surface area (Å²) in [6.45, 7) is 0. The second-order valence-corrected chi connectivity index (χ2v) is 12.7. The Morgan fingerprint density at radius 1 is 0.400 bits per heavy atom. The summed E-state index contributed by atoms with van der Waals surface area (Å²) in [6.07, 6.45) is 0. The smallest absolute Gasteiger partial charge is 0.144 e. The lowest BCUT2D eigenvalue weighted by molar-refractivity contribution is 0.670. The van der Waals surface area contributed by atoms with Gasteiger partial charge < -0.3 is 8.98 Å². The summed E-state index contributed by atoms with van der Waals surface area (Å²) >= 11 is 0. The Balaban J connectivity index is 1.25. The Kier molecular flexibility index (Phi) is 6.49. The molecule has 0 atom stereocenters. The number of rotatable bonds is 5. The van der Waals surface area contributed by atoms with E-state index in [9.17, 15) is 0 Å². The van der Waals surface area contributed by atoms with Gasteiger partial charge in [0, 0.05) is 43.9 Å². The molecule has 10 aromatic rings. The van der Waals surface area contributed by atoms with E-state index in [4.69, 9.17) is 9.40 Å². The van der Waals surface area contributed by atoms with Crippen molar-refractivity contribution in [1.29, 1.82) is 0 Å². The molecule has 7 aromatic carbocycles. The highest BCUT2D eigenvalue weighted by molar-refractivity contribution is 6.14. The van der Waals surface area contributed by atoms with Crippen molar-refractivity contribution < 1.29 is 4.42 Å². The van der Waals surface area contributed by atoms with E-state index in [1.54, 1.807) is 0 Å². The highest BCUT2D eigenvalue weighted by Crippen LogP contribution is 2.41. The summed E-state index contributed by atoms with van der Waals surface area (Å²) in [6, 6.07) is 64.3. The predicted octanol–water partition coefficient (Wildman–Crippen LogP) is 12.7. The molecule has 0 unspecified atom stereocenters. The zero-order valence-corrected chi connectivity index (χ0v) is 27.1. The lowest BCUT2D eigenvalue weighted by Gasteiger charge is -2.14. The first-order valence-electron chi connectivity index (χ1n) is 17.0. The molecule has 0 N–H and O–H groups in total. The molecule has 0 saturated heterocycles. The van der Waals surface area contributed by atoms with Crippen LogP contribution in [0.4, 0.5) is 0 Å². The molecular weight excluding hydrogens is 609 g/mol. The van der Waals surface area contributed by atoms with Gasteiger partial charge in [-0.1, -0.05) is 140 Å². The number of fused-ring (bicyclic) bond motifs is 6. The van der Waals surface area contributed by atoms with Crippen LogP contribution in [0.2, 0.25) is 0 Å². The monoisotopic (exact) mass is 638 g/mol. The molecule has 50 heavy (non-hydrogen) atoms. The first-order valence-corrected chi connectivity index (χ1v) is 17.0. The standard InChI is InChI=1S/C47H30N2O/c1-3-13-31(14-4-1)32-25-27-33(28-26-32)42-29-34(30-43(48-42)41-22-12-21-40-38-18-8-10-24-45(38)50-47(40)41)36-19-11-20-39-37-17-7-9-23-44(37)49(46(36)39)35-15-5-2-6-16-35/h1-30H. The Bertz CT molecular complexity index is 2850.